The van der Waals surface area contributed by atoms with Gasteiger partial charge in [-0.15, -0.1) is 0 Å². The van der Waals surface area contributed by atoms with Gasteiger partial charge in [0.1, 0.15) is 5.75 Å². The Morgan fingerprint density at radius 3 is 2.30 bits per heavy atom. The Balaban J connectivity index is 2.42. The Hall–Kier alpha value is -2.04. The first-order valence-electron chi connectivity index (χ1n) is 6.62. The highest BCUT2D eigenvalue weighted by molar-refractivity contribution is 5.77. The highest BCUT2D eigenvalue weighted by Gasteiger charge is 2.08. The van der Waals surface area contributed by atoms with E-state index in [1.807, 2.05) is 32.9 Å². The van der Waals surface area contributed by atoms with E-state index < -0.39 is 0 Å². The molecule has 0 aliphatic carbocycles. The molecule has 5 nitrogen and oxygen atoms in total. The van der Waals surface area contributed by atoms with Gasteiger partial charge in [-0.05, 0) is 37.5 Å². The Morgan fingerprint density at radius 1 is 1.05 bits per heavy atom. The predicted octanol–water partition coefficient (Wildman–Crippen LogP) is 1.24. The van der Waals surface area contributed by atoms with E-state index in [9.17, 15) is 9.59 Å². The largest absolute Gasteiger partial charge is 0.483 e. The summed E-state index contributed by atoms with van der Waals surface area (Å²) in [7, 11) is 0. The SMILES string of the molecule is CC(=O)NCCNC(=O)COc1c(C)ccc(C)c1C. The zero-order valence-electron chi connectivity index (χ0n) is 12.5. The van der Waals surface area contributed by atoms with E-state index >= 15 is 0 Å². The number of carbonyl (C=O) groups excluding carboxylic acids is 2. The third kappa shape index (κ3) is 4.91. The second-order valence-electron chi connectivity index (χ2n) is 4.78. The van der Waals surface area contributed by atoms with Crippen molar-refractivity contribution in [2.45, 2.75) is 27.7 Å². The van der Waals surface area contributed by atoms with Crippen LogP contribution in [0.1, 0.15) is 23.6 Å². The summed E-state index contributed by atoms with van der Waals surface area (Å²) in [4.78, 5) is 22.3. The second-order valence-corrected chi connectivity index (χ2v) is 4.78. The van der Waals surface area contributed by atoms with Gasteiger partial charge in [0.15, 0.2) is 6.61 Å². The molecule has 1 aromatic rings. The molecule has 0 aromatic heterocycles. The fourth-order valence-corrected chi connectivity index (χ4v) is 1.78. The van der Waals surface area contributed by atoms with Crippen molar-refractivity contribution in [2.24, 2.45) is 0 Å². The number of rotatable bonds is 6. The first-order valence-corrected chi connectivity index (χ1v) is 6.62. The van der Waals surface area contributed by atoms with Crippen molar-refractivity contribution in [3.63, 3.8) is 0 Å². The molecule has 1 rings (SSSR count). The second kappa shape index (κ2) is 7.53. The molecule has 0 radical (unpaired) electrons. The van der Waals surface area contributed by atoms with Crippen molar-refractivity contribution in [2.75, 3.05) is 19.7 Å². The maximum Gasteiger partial charge on any atom is 0.258 e. The van der Waals surface area contributed by atoms with Crippen LogP contribution in [0.4, 0.5) is 0 Å². The van der Waals surface area contributed by atoms with Crippen LogP contribution in [0.15, 0.2) is 12.1 Å². The summed E-state index contributed by atoms with van der Waals surface area (Å²) < 4.78 is 5.59. The molecule has 2 amide bonds. The molecular formula is C15H22N2O3. The van der Waals surface area contributed by atoms with Gasteiger partial charge in [0.05, 0.1) is 0 Å². The maximum atomic E-state index is 11.6. The summed E-state index contributed by atoms with van der Waals surface area (Å²) >= 11 is 0. The van der Waals surface area contributed by atoms with Crippen LogP contribution in [0.2, 0.25) is 0 Å². The molecule has 0 aliphatic rings. The van der Waals surface area contributed by atoms with Crippen LogP contribution < -0.4 is 15.4 Å². The van der Waals surface area contributed by atoms with Gasteiger partial charge in [0, 0.05) is 20.0 Å². The molecule has 5 heteroatoms. The van der Waals surface area contributed by atoms with Crippen molar-refractivity contribution < 1.29 is 14.3 Å². The maximum absolute atomic E-state index is 11.6. The Morgan fingerprint density at radius 2 is 1.65 bits per heavy atom. The zero-order chi connectivity index (χ0) is 15.1. The van der Waals surface area contributed by atoms with Crippen LogP contribution in [0, 0.1) is 20.8 Å². The molecule has 0 aliphatic heterocycles. The lowest BCUT2D eigenvalue weighted by Crippen LogP contribution is -2.36. The number of hydrogen-bond donors (Lipinski definition) is 2. The van der Waals surface area contributed by atoms with Crippen molar-refractivity contribution in [3.05, 3.63) is 28.8 Å². The van der Waals surface area contributed by atoms with Crippen molar-refractivity contribution >= 4 is 11.8 Å². The molecule has 110 valence electrons. The fourth-order valence-electron chi connectivity index (χ4n) is 1.78. The summed E-state index contributed by atoms with van der Waals surface area (Å²) in [6, 6.07) is 4.01. The van der Waals surface area contributed by atoms with Gasteiger partial charge in [-0.2, -0.15) is 0 Å². The summed E-state index contributed by atoms with van der Waals surface area (Å²) in [6.07, 6.45) is 0. The Bertz CT molecular complexity index is 498. The third-order valence-electron chi connectivity index (χ3n) is 3.04. The number of carbonyl (C=O) groups is 2. The topological polar surface area (TPSA) is 67.4 Å². The summed E-state index contributed by atoms with van der Waals surface area (Å²) in [5, 5.41) is 5.29. The molecular weight excluding hydrogens is 256 g/mol. The summed E-state index contributed by atoms with van der Waals surface area (Å²) in [5.41, 5.74) is 3.20. The molecule has 0 spiro atoms. The number of nitrogens with one attached hydrogen (secondary N) is 2. The van der Waals surface area contributed by atoms with E-state index in [4.69, 9.17) is 4.74 Å². The van der Waals surface area contributed by atoms with Gasteiger partial charge in [-0.3, -0.25) is 9.59 Å². The summed E-state index contributed by atoms with van der Waals surface area (Å²) in [5.74, 6) is 0.458. The zero-order valence-corrected chi connectivity index (χ0v) is 12.5. The number of aryl methyl sites for hydroxylation is 2. The monoisotopic (exact) mass is 278 g/mol. The molecule has 0 bridgehead atoms. The smallest absolute Gasteiger partial charge is 0.258 e. The van der Waals surface area contributed by atoms with Crippen molar-refractivity contribution in [1.82, 2.24) is 10.6 Å². The van der Waals surface area contributed by atoms with Crippen molar-refractivity contribution in [3.8, 4) is 5.75 Å². The average molecular weight is 278 g/mol. The van der Waals surface area contributed by atoms with Gasteiger partial charge in [0.25, 0.3) is 5.91 Å². The molecule has 2 N–H and O–H groups in total. The van der Waals surface area contributed by atoms with Gasteiger partial charge in [0.2, 0.25) is 5.91 Å². The predicted molar refractivity (Wildman–Crippen MR) is 77.8 cm³/mol. The number of amides is 2. The number of hydrogen-bond acceptors (Lipinski definition) is 3. The normalized spacial score (nSPS) is 10.0. The molecule has 0 heterocycles. The first-order chi connectivity index (χ1) is 9.41. The molecule has 0 atom stereocenters. The Kier molecular flexibility index (Phi) is 6.03. The molecule has 20 heavy (non-hydrogen) atoms. The van der Waals surface area contributed by atoms with Crippen LogP contribution >= 0.6 is 0 Å². The minimum atomic E-state index is -0.198. The average Bonchev–Trinajstić information content (AvgIpc) is 2.39. The highest BCUT2D eigenvalue weighted by Crippen LogP contribution is 2.25. The molecule has 1 aromatic carbocycles. The minimum absolute atomic E-state index is 0.0226. The van der Waals surface area contributed by atoms with E-state index in [-0.39, 0.29) is 18.4 Å². The molecule has 0 saturated heterocycles. The Labute approximate surface area is 119 Å². The summed E-state index contributed by atoms with van der Waals surface area (Å²) in [6.45, 7) is 8.18. The van der Waals surface area contributed by atoms with Gasteiger partial charge >= 0.3 is 0 Å². The van der Waals surface area contributed by atoms with E-state index in [1.54, 1.807) is 0 Å². The van der Waals surface area contributed by atoms with Crippen LogP contribution in [-0.2, 0) is 9.59 Å². The third-order valence-corrected chi connectivity index (χ3v) is 3.04. The van der Waals surface area contributed by atoms with Gasteiger partial charge in [-0.25, -0.2) is 0 Å². The standard InChI is InChI=1S/C15H22N2O3/c1-10-5-6-11(2)15(12(10)3)20-9-14(19)17-8-7-16-13(4)18/h5-6H,7-9H2,1-4H3,(H,16,18)(H,17,19). The lowest BCUT2D eigenvalue weighted by molar-refractivity contribution is -0.123. The molecule has 0 unspecified atom stereocenters. The minimum Gasteiger partial charge on any atom is -0.483 e. The van der Waals surface area contributed by atoms with E-state index in [2.05, 4.69) is 10.6 Å². The van der Waals surface area contributed by atoms with Crippen molar-refractivity contribution in [1.29, 1.82) is 0 Å². The molecule has 0 saturated carbocycles. The van der Waals surface area contributed by atoms with Crippen LogP contribution in [0.5, 0.6) is 5.75 Å². The molecule has 0 fully saturated rings. The fraction of sp³-hybridized carbons (Fsp3) is 0.467. The lowest BCUT2D eigenvalue weighted by Gasteiger charge is -2.13. The number of benzene rings is 1. The van der Waals surface area contributed by atoms with Gasteiger partial charge < -0.3 is 15.4 Å². The van der Waals surface area contributed by atoms with E-state index in [0.29, 0.717) is 13.1 Å². The van der Waals surface area contributed by atoms with Crippen LogP contribution in [-0.4, -0.2) is 31.5 Å². The first kappa shape index (κ1) is 16.0. The quantitative estimate of drug-likeness (QED) is 0.769. The number of ether oxygens (including phenoxy) is 1. The lowest BCUT2D eigenvalue weighted by atomic mass is 10.1. The van der Waals surface area contributed by atoms with Gasteiger partial charge in [-0.1, -0.05) is 12.1 Å². The van der Waals surface area contributed by atoms with Crippen LogP contribution in [0.3, 0.4) is 0 Å². The van der Waals surface area contributed by atoms with E-state index in [1.165, 1.54) is 6.92 Å². The van der Waals surface area contributed by atoms with E-state index in [0.717, 1.165) is 22.4 Å². The highest BCUT2D eigenvalue weighted by atomic mass is 16.5. The van der Waals surface area contributed by atoms with Crippen LogP contribution in [0.25, 0.3) is 0 Å².